The number of anilines is 1. The van der Waals surface area contributed by atoms with Crippen LogP contribution in [0.5, 0.6) is 11.8 Å². The summed E-state index contributed by atoms with van der Waals surface area (Å²) in [6.45, 7) is 0. The molecular formula is C15H10N4O2. The average Bonchev–Trinajstić information content (AvgIpc) is 2.49. The number of para-hydroxylation sites is 1. The first kappa shape index (κ1) is 12.7. The van der Waals surface area contributed by atoms with Crippen LogP contribution < -0.4 is 16.0 Å². The van der Waals surface area contributed by atoms with Gasteiger partial charge in [0.1, 0.15) is 11.8 Å². The van der Waals surface area contributed by atoms with E-state index in [1.165, 1.54) is 0 Å². The topological polar surface area (TPSA) is 105 Å². The molecule has 0 saturated carbocycles. The first-order valence-electron chi connectivity index (χ1n) is 6.14. The lowest BCUT2D eigenvalue weighted by Crippen LogP contribution is -2.10. The summed E-state index contributed by atoms with van der Waals surface area (Å²) in [5.74, 6) is 0.331. The number of H-pyrrole nitrogens is 1. The predicted molar refractivity (Wildman–Crippen MR) is 78.0 cm³/mol. The highest BCUT2D eigenvalue weighted by atomic mass is 16.5. The van der Waals surface area contributed by atoms with E-state index in [1.54, 1.807) is 42.5 Å². The lowest BCUT2D eigenvalue weighted by molar-refractivity contribution is 0.441. The number of rotatable bonds is 2. The first-order valence-corrected chi connectivity index (χ1v) is 6.14. The molecule has 0 spiro atoms. The summed E-state index contributed by atoms with van der Waals surface area (Å²) in [6, 6.07) is 13.6. The summed E-state index contributed by atoms with van der Waals surface area (Å²) < 4.78 is 5.50. The Morgan fingerprint density at radius 2 is 2.05 bits per heavy atom. The number of nitrogens with two attached hydrogens (primary N) is 1. The molecule has 6 heteroatoms. The molecule has 3 rings (SSSR count). The zero-order valence-corrected chi connectivity index (χ0v) is 10.8. The van der Waals surface area contributed by atoms with Crippen molar-refractivity contribution < 1.29 is 4.74 Å². The quantitative estimate of drug-likeness (QED) is 0.699. The first-order chi connectivity index (χ1) is 10.2. The fourth-order valence-electron chi connectivity index (χ4n) is 1.94. The molecule has 1 aromatic heterocycles. The van der Waals surface area contributed by atoms with E-state index in [2.05, 4.69) is 9.97 Å². The van der Waals surface area contributed by atoms with Crippen LogP contribution in [0.3, 0.4) is 0 Å². The van der Waals surface area contributed by atoms with Gasteiger partial charge in [0.2, 0.25) is 0 Å². The maximum atomic E-state index is 12.0. The summed E-state index contributed by atoms with van der Waals surface area (Å²) in [5.41, 5.74) is 6.61. The summed E-state index contributed by atoms with van der Waals surface area (Å²) >= 11 is 0. The van der Waals surface area contributed by atoms with Gasteiger partial charge < -0.3 is 10.5 Å². The predicted octanol–water partition coefficient (Wildman–Crippen LogP) is 2.17. The highest BCUT2D eigenvalue weighted by Crippen LogP contribution is 2.22. The Morgan fingerprint density at radius 3 is 2.86 bits per heavy atom. The summed E-state index contributed by atoms with van der Waals surface area (Å²) in [7, 11) is 0. The Labute approximate surface area is 119 Å². The molecule has 0 fully saturated rings. The van der Waals surface area contributed by atoms with Gasteiger partial charge in [-0.25, -0.2) is 0 Å². The van der Waals surface area contributed by atoms with Crippen molar-refractivity contribution in [2.75, 3.05) is 5.73 Å². The third-order valence-electron chi connectivity index (χ3n) is 2.92. The van der Waals surface area contributed by atoms with Crippen LogP contribution in [-0.4, -0.2) is 9.97 Å². The van der Waals surface area contributed by atoms with Crippen LogP contribution in [0.2, 0.25) is 0 Å². The van der Waals surface area contributed by atoms with E-state index in [9.17, 15) is 4.79 Å². The Bertz CT molecular complexity index is 925. The van der Waals surface area contributed by atoms with E-state index in [-0.39, 0.29) is 11.6 Å². The number of nitrogens with zero attached hydrogens (tertiary/aromatic N) is 2. The maximum Gasteiger partial charge on any atom is 0.302 e. The number of aromatic nitrogens is 2. The second-order valence-corrected chi connectivity index (χ2v) is 4.36. The minimum Gasteiger partial charge on any atom is -0.424 e. The lowest BCUT2D eigenvalue weighted by Gasteiger charge is -2.06. The molecule has 0 atom stereocenters. The fourth-order valence-corrected chi connectivity index (χ4v) is 1.94. The van der Waals surface area contributed by atoms with Crippen molar-refractivity contribution in [3.63, 3.8) is 0 Å². The van der Waals surface area contributed by atoms with Gasteiger partial charge in [0.05, 0.1) is 16.5 Å². The summed E-state index contributed by atoms with van der Waals surface area (Å²) in [5, 5.41) is 9.40. The number of ether oxygens (including phenoxy) is 1. The number of aromatic amines is 1. The van der Waals surface area contributed by atoms with Crippen LogP contribution in [0, 0.1) is 11.3 Å². The molecule has 0 radical (unpaired) electrons. The number of hydrogen-bond donors (Lipinski definition) is 2. The van der Waals surface area contributed by atoms with E-state index >= 15 is 0 Å². The highest BCUT2D eigenvalue weighted by Gasteiger charge is 2.08. The van der Waals surface area contributed by atoms with E-state index in [1.807, 2.05) is 6.07 Å². The Morgan fingerprint density at radius 1 is 1.24 bits per heavy atom. The van der Waals surface area contributed by atoms with Gasteiger partial charge in [0, 0.05) is 5.69 Å². The molecule has 0 aliphatic carbocycles. The molecule has 21 heavy (non-hydrogen) atoms. The normalized spacial score (nSPS) is 10.2. The van der Waals surface area contributed by atoms with E-state index < -0.39 is 0 Å². The van der Waals surface area contributed by atoms with Crippen molar-refractivity contribution >= 4 is 16.6 Å². The second-order valence-electron chi connectivity index (χ2n) is 4.36. The molecule has 1 heterocycles. The average molecular weight is 278 g/mol. The van der Waals surface area contributed by atoms with Gasteiger partial charge in [0.15, 0.2) is 0 Å². The van der Waals surface area contributed by atoms with Crippen molar-refractivity contribution in [2.45, 2.75) is 0 Å². The van der Waals surface area contributed by atoms with Crippen LogP contribution in [-0.2, 0) is 0 Å². The number of hydrogen-bond acceptors (Lipinski definition) is 5. The third kappa shape index (κ3) is 2.40. The summed E-state index contributed by atoms with van der Waals surface area (Å²) in [6.07, 6.45) is 0. The molecular weight excluding hydrogens is 268 g/mol. The van der Waals surface area contributed by atoms with Crippen LogP contribution in [0.25, 0.3) is 10.9 Å². The second kappa shape index (κ2) is 4.98. The Kier molecular flexibility index (Phi) is 3.01. The minimum atomic E-state index is -0.350. The molecule has 3 aromatic rings. The Hall–Kier alpha value is -3.33. The molecule has 0 bridgehead atoms. The number of benzene rings is 2. The molecule has 0 aliphatic rings. The molecule has 2 aromatic carbocycles. The zero-order chi connectivity index (χ0) is 14.8. The zero-order valence-electron chi connectivity index (χ0n) is 10.8. The Balaban J connectivity index is 2.08. The van der Waals surface area contributed by atoms with Crippen LogP contribution in [0.4, 0.5) is 5.69 Å². The molecule has 102 valence electrons. The molecule has 0 saturated heterocycles. The molecule has 0 amide bonds. The summed E-state index contributed by atoms with van der Waals surface area (Å²) in [4.78, 5) is 18.7. The monoisotopic (exact) mass is 278 g/mol. The third-order valence-corrected chi connectivity index (χ3v) is 2.92. The van der Waals surface area contributed by atoms with Crippen molar-refractivity contribution in [1.29, 1.82) is 5.26 Å². The molecule has 6 nitrogen and oxygen atoms in total. The highest BCUT2D eigenvalue weighted by molar-refractivity contribution is 5.81. The van der Waals surface area contributed by atoms with E-state index in [0.717, 1.165) is 0 Å². The van der Waals surface area contributed by atoms with E-state index in [4.69, 9.17) is 15.7 Å². The van der Waals surface area contributed by atoms with Crippen LogP contribution >= 0.6 is 0 Å². The van der Waals surface area contributed by atoms with E-state index in [0.29, 0.717) is 27.9 Å². The van der Waals surface area contributed by atoms with Crippen LogP contribution in [0.15, 0.2) is 47.3 Å². The maximum absolute atomic E-state index is 12.0. The standard InChI is InChI=1S/C15H10N4O2/c16-8-9-3-1-2-4-13(9)21-15-18-12-6-5-10(17)7-11(12)14(20)19-15/h1-7H,17H2,(H,18,19,20). The smallest absolute Gasteiger partial charge is 0.302 e. The molecule has 3 N–H and O–H groups in total. The van der Waals surface area contributed by atoms with Crippen molar-refractivity contribution in [3.05, 3.63) is 58.4 Å². The van der Waals surface area contributed by atoms with Gasteiger partial charge >= 0.3 is 6.01 Å². The van der Waals surface area contributed by atoms with Gasteiger partial charge in [-0.05, 0) is 30.3 Å². The van der Waals surface area contributed by atoms with Gasteiger partial charge in [0.25, 0.3) is 5.56 Å². The van der Waals surface area contributed by atoms with Gasteiger partial charge in [-0.1, -0.05) is 12.1 Å². The van der Waals surface area contributed by atoms with Gasteiger partial charge in [-0.2, -0.15) is 10.2 Å². The number of nitrogen functional groups attached to an aromatic ring is 1. The van der Waals surface area contributed by atoms with Gasteiger partial charge in [-0.15, -0.1) is 0 Å². The fraction of sp³-hybridized carbons (Fsp3) is 0. The van der Waals surface area contributed by atoms with Crippen molar-refractivity contribution in [2.24, 2.45) is 0 Å². The molecule has 0 unspecified atom stereocenters. The number of fused-ring (bicyclic) bond motifs is 1. The molecule has 0 aliphatic heterocycles. The number of nitrogens with one attached hydrogen (secondary N) is 1. The van der Waals surface area contributed by atoms with Crippen molar-refractivity contribution in [1.82, 2.24) is 9.97 Å². The van der Waals surface area contributed by atoms with Crippen molar-refractivity contribution in [3.8, 4) is 17.8 Å². The van der Waals surface area contributed by atoms with Gasteiger partial charge in [-0.3, -0.25) is 9.78 Å². The SMILES string of the molecule is N#Cc1ccccc1Oc1nc2ccc(N)cc2c(=O)[nH]1. The lowest BCUT2D eigenvalue weighted by atomic mass is 10.2. The minimum absolute atomic E-state index is 0.0278. The number of nitriles is 1. The van der Waals surface area contributed by atoms with Crippen LogP contribution in [0.1, 0.15) is 5.56 Å². The largest absolute Gasteiger partial charge is 0.424 e.